The number of hydrogen-bond acceptors (Lipinski definition) is 4. The molecule has 1 aromatic heterocycles. The number of carbonyl (C=O) groups is 1. The van der Waals surface area contributed by atoms with Crippen LogP contribution in [-0.2, 0) is 11.3 Å². The van der Waals surface area contributed by atoms with Gasteiger partial charge in [0.05, 0.1) is 18.6 Å². The molecule has 0 aliphatic carbocycles. The van der Waals surface area contributed by atoms with Crippen LogP contribution in [0.3, 0.4) is 0 Å². The highest BCUT2D eigenvalue weighted by Gasteiger charge is 2.09. The molecule has 0 saturated carbocycles. The predicted molar refractivity (Wildman–Crippen MR) is 66.8 cm³/mol. The minimum Gasteiger partial charge on any atom is -0.453 e. The van der Waals surface area contributed by atoms with Gasteiger partial charge >= 0.3 is 6.09 Å². The van der Waals surface area contributed by atoms with Crippen molar-refractivity contribution in [3.63, 3.8) is 0 Å². The second kappa shape index (κ2) is 6.94. The Labute approximate surface area is 105 Å². The van der Waals surface area contributed by atoms with E-state index in [0.29, 0.717) is 13.0 Å². The van der Waals surface area contributed by atoms with Crippen LogP contribution >= 0.6 is 11.3 Å². The summed E-state index contributed by atoms with van der Waals surface area (Å²) in [6, 6.07) is 1.94. The maximum absolute atomic E-state index is 11.2. The molecule has 0 aromatic carbocycles. The van der Waals surface area contributed by atoms with Gasteiger partial charge in [-0.05, 0) is 17.0 Å². The van der Waals surface area contributed by atoms with Crippen molar-refractivity contribution in [2.24, 2.45) is 0 Å². The fourth-order valence-corrected chi connectivity index (χ4v) is 2.00. The molecule has 0 aliphatic rings. The SMILES string of the molecule is COC(=O)N(C)Cc1csc(C#CCCO)c1. The van der Waals surface area contributed by atoms with E-state index in [1.807, 2.05) is 11.4 Å². The number of rotatable bonds is 3. The summed E-state index contributed by atoms with van der Waals surface area (Å²) in [4.78, 5) is 13.6. The molecule has 0 spiro atoms. The van der Waals surface area contributed by atoms with Crippen LogP contribution in [0, 0.1) is 11.8 Å². The molecule has 0 fully saturated rings. The third kappa shape index (κ3) is 4.47. The van der Waals surface area contributed by atoms with Gasteiger partial charge in [-0.25, -0.2) is 4.79 Å². The van der Waals surface area contributed by atoms with Gasteiger partial charge in [0, 0.05) is 20.0 Å². The van der Waals surface area contributed by atoms with E-state index in [-0.39, 0.29) is 12.7 Å². The maximum Gasteiger partial charge on any atom is 0.409 e. The molecule has 0 atom stereocenters. The lowest BCUT2D eigenvalue weighted by atomic mass is 10.3. The lowest BCUT2D eigenvalue weighted by Crippen LogP contribution is -2.25. The van der Waals surface area contributed by atoms with Gasteiger partial charge in [0.15, 0.2) is 0 Å². The zero-order chi connectivity index (χ0) is 12.7. The summed E-state index contributed by atoms with van der Waals surface area (Å²) in [5.74, 6) is 5.81. The third-order valence-electron chi connectivity index (χ3n) is 2.01. The van der Waals surface area contributed by atoms with Crippen LogP contribution in [0.1, 0.15) is 16.9 Å². The van der Waals surface area contributed by atoms with Gasteiger partial charge in [0.2, 0.25) is 0 Å². The molecule has 0 radical (unpaired) electrons. The van der Waals surface area contributed by atoms with Crippen LogP contribution in [0.25, 0.3) is 0 Å². The molecule has 1 aromatic rings. The van der Waals surface area contributed by atoms with Crippen LogP contribution in [0.15, 0.2) is 11.4 Å². The summed E-state index contributed by atoms with van der Waals surface area (Å²) < 4.78 is 4.61. The van der Waals surface area contributed by atoms with Crippen molar-refractivity contribution in [3.05, 3.63) is 21.9 Å². The Kier molecular flexibility index (Phi) is 5.53. The van der Waals surface area contributed by atoms with Crippen molar-refractivity contribution in [2.75, 3.05) is 20.8 Å². The van der Waals surface area contributed by atoms with Gasteiger partial charge in [-0.1, -0.05) is 11.8 Å². The highest BCUT2D eigenvalue weighted by atomic mass is 32.1. The van der Waals surface area contributed by atoms with E-state index in [2.05, 4.69) is 16.6 Å². The Bertz CT molecular complexity index is 430. The van der Waals surface area contributed by atoms with E-state index in [9.17, 15) is 4.79 Å². The van der Waals surface area contributed by atoms with Crippen LogP contribution < -0.4 is 0 Å². The Hall–Kier alpha value is -1.51. The second-order valence-electron chi connectivity index (χ2n) is 3.42. The minimum atomic E-state index is -0.357. The molecule has 1 amide bonds. The first kappa shape index (κ1) is 13.6. The standard InChI is InChI=1S/C12H15NO3S/c1-13(12(15)16-2)8-10-7-11(17-9-10)5-3-4-6-14/h7,9,14H,4,6,8H2,1-2H3. The van der Waals surface area contributed by atoms with Crippen molar-refractivity contribution >= 4 is 17.4 Å². The summed E-state index contributed by atoms with van der Waals surface area (Å²) in [5, 5.41) is 10.6. The van der Waals surface area contributed by atoms with Gasteiger partial charge in [-0.2, -0.15) is 0 Å². The summed E-state index contributed by atoms with van der Waals surface area (Å²) >= 11 is 1.53. The van der Waals surface area contributed by atoms with E-state index in [4.69, 9.17) is 5.11 Å². The van der Waals surface area contributed by atoms with E-state index < -0.39 is 0 Å². The van der Waals surface area contributed by atoms with E-state index >= 15 is 0 Å². The lowest BCUT2D eigenvalue weighted by Gasteiger charge is -2.13. The van der Waals surface area contributed by atoms with Crippen molar-refractivity contribution in [1.82, 2.24) is 4.90 Å². The number of aliphatic hydroxyl groups excluding tert-OH is 1. The molecule has 1 N–H and O–H groups in total. The third-order valence-corrected chi connectivity index (χ3v) is 2.90. The van der Waals surface area contributed by atoms with Crippen molar-refractivity contribution < 1.29 is 14.6 Å². The molecule has 0 saturated heterocycles. The first-order valence-electron chi connectivity index (χ1n) is 5.13. The Balaban J connectivity index is 2.57. The van der Waals surface area contributed by atoms with Gasteiger partial charge in [0.25, 0.3) is 0 Å². The molecule has 5 heteroatoms. The molecular formula is C12H15NO3S. The summed E-state index contributed by atoms with van der Waals surface area (Å²) in [6.07, 6.45) is 0.124. The monoisotopic (exact) mass is 253 g/mol. The van der Waals surface area contributed by atoms with Gasteiger partial charge in [0.1, 0.15) is 0 Å². The van der Waals surface area contributed by atoms with E-state index in [1.54, 1.807) is 7.05 Å². The summed E-state index contributed by atoms with van der Waals surface area (Å²) in [5.41, 5.74) is 1.02. The van der Waals surface area contributed by atoms with Crippen LogP contribution in [0.4, 0.5) is 4.79 Å². The van der Waals surface area contributed by atoms with Gasteiger partial charge in [-0.15, -0.1) is 11.3 Å². The lowest BCUT2D eigenvalue weighted by molar-refractivity contribution is 0.131. The number of ether oxygens (including phenoxy) is 1. The quantitative estimate of drug-likeness (QED) is 0.834. The number of methoxy groups -OCH3 is 1. The normalized spacial score (nSPS) is 9.35. The molecule has 0 bridgehead atoms. The molecule has 0 unspecified atom stereocenters. The average Bonchev–Trinajstić information content (AvgIpc) is 2.76. The summed E-state index contributed by atoms with van der Waals surface area (Å²) in [7, 11) is 3.04. The predicted octanol–water partition coefficient (Wildman–Crippen LogP) is 1.68. The summed E-state index contributed by atoms with van der Waals surface area (Å²) in [6.45, 7) is 0.584. The number of amides is 1. The molecule has 1 rings (SSSR count). The topological polar surface area (TPSA) is 49.8 Å². The Morgan fingerprint density at radius 2 is 2.41 bits per heavy atom. The Morgan fingerprint density at radius 3 is 3.06 bits per heavy atom. The minimum absolute atomic E-state index is 0.0797. The molecular weight excluding hydrogens is 238 g/mol. The smallest absolute Gasteiger partial charge is 0.409 e. The average molecular weight is 253 g/mol. The van der Waals surface area contributed by atoms with Crippen LogP contribution in [-0.4, -0.2) is 36.9 Å². The largest absolute Gasteiger partial charge is 0.453 e. The number of thiophene rings is 1. The zero-order valence-corrected chi connectivity index (χ0v) is 10.7. The van der Waals surface area contributed by atoms with E-state index in [1.165, 1.54) is 23.3 Å². The van der Waals surface area contributed by atoms with Gasteiger partial charge < -0.3 is 14.7 Å². The fraction of sp³-hybridized carbons (Fsp3) is 0.417. The van der Waals surface area contributed by atoms with Crippen molar-refractivity contribution in [3.8, 4) is 11.8 Å². The number of aliphatic hydroxyl groups is 1. The number of nitrogens with zero attached hydrogens (tertiary/aromatic N) is 1. The van der Waals surface area contributed by atoms with Crippen molar-refractivity contribution in [1.29, 1.82) is 0 Å². The first-order valence-corrected chi connectivity index (χ1v) is 6.01. The Morgan fingerprint density at radius 1 is 1.65 bits per heavy atom. The molecule has 92 valence electrons. The second-order valence-corrected chi connectivity index (χ2v) is 4.33. The number of hydrogen-bond donors (Lipinski definition) is 1. The highest BCUT2D eigenvalue weighted by molar-refractivity contribution is 7.10. The van der Waals surface area contributed by atoms with Gasteiger partial charge in [-0.3, -0.25) is 0 Å². The zero-order valence-electron chi connectivity index (χ0n) is 9.90. The highest BCUT2D eigenvalue weighted by Crippen LogP contribution is 2.15. The van der Waals surface area contributed by atoms with Crippen LogP contribution in [0.5, 0.6) is 0 Å². The van der Waals surface area contributed by atoms with E-state index in [0.717, 1.165) is 10.4 Å². The maximum atomic E-state index is 11.2. The first-order chi connectivity index (χ1) is 8.17. The molecule has 0 aliphatic heterocycles. The molecule has 17 heavy (non-hydrogen) atoms. The fourth-order valence-electron chi connectivity index (χ4n) is 1.22. The molecule has 1 heterocycles. The molecule has 4 nitrogen and oxygen atoms in total. The van der Waals surface area contributed by atoms with Crippen LogP contribution in [0.2, 0.25) is 0 Å². The number of carbonyl (C=O) groups excluding carboxylic acids is 1. The van der Waals surface area contributed by atoms with Crippen molar-refractivity contribution in [2.45, 2.75) is 13.0 Å².